The van der Waals surface area contributed by atoms with Crippen molar-refractivity contribution in [2.45, 2.75) is 44.4 Å². The Morgan fingerprint density at radius 3 is 2.46 bits per heavy atom. The molecule has 13 nitrogen and oxygen atoms in total. The number of alkyl halides is 3. The number of nitrogens with zero attached hydrogens (tertiary/aromatic N) is 3. The highest BCUT2D eigenvalue weighted by molar-refractivity contribution is 7.90. The molecular weight excluding hydrogens is 837 g/mol. The predicted octanol–water partition coefficient (Wildman–Crippen LogP) is 9.37. The van der Waals surface area contributed by atoms with Crippen LogP contribution in [0.5, 0.6) is 11.5 Å². The lowest BCUT2D eigenvalue weighted by Gasteiger charge is -2.39. The van der Waals surface area contributed by atoms with Crippen LogP contribution in [0.4, 0.5) is 30.2 Å². The Hall–Kier alpha value is -5.62. The quantitative estimate of drug-likeness (QED) is 0.0558. The van der Waals surface area contributed by atoms with Gasteiger partial charge in [-0.15, -0.1) is 13.2 Å². The number of rotatable bonds is 14. The smallest absolute Gasteiger partial charge is 0.456 e. The molecular formula is C43H44ClF3N6O7S. The molecule has 0 radical (unpaired) electrons. The number of ether oxygens (including phenoxy) is 2. The number of nitro groups is 1. The Morgan fingerprint density at radius 1 is 0.984 bits per heavy atom. The molecule has 0 spiro atoms. The van der Waals surface area contributed by atoms with Crippen molar-refractivity contribution in [2.75, 3.05) is 56.1 Å². The Bertz CT molecular complexity index is 2570. The summed E-state index contributed by atoms with van der Waals surface area (Å²) < 4.78 is 76.2. The van der Waals surface area contributed by atoms with E-state index < -0.39 is 51.0 Å². The fourth-order valence-electron chi connectivity index (χ4n) is 7.71. The number of hydrogen-bond acceptors (Lipinski definition) is 10. The maximum absolute atomic E-state index is 13.8. The summed E-state index contributed by atoms with van der Waals surface area (Å²) in [5.41, 5.74) is 4.66. The molecule has 2 heterocycles. The molecule has 4 aromatic carbocycles. The third-order valence-corrected chi connectivity index (χ3v) is 12.5. The first-order valence-corrected chi connectivity index (χ1v) is 21.4. The van der Waals surface area contributed by atoms with Crippen molar-refractivity contribution >= 4 is 61.1 Å². The lowest BCUT2D eigenvalue weighted by Crippen LogP contribution is -2.47. The van der Waals surface area contributed by atoms with Crippen LogP contribution < -0.4 is 19.7 Å². The Labute approximate surface area is 355 Å². The number of allylic oxidation sites excluding steroid dienone is 1. The monoisotopic (exact) mass is 880 g/mol. The topological polar surface area (TPSA) is 159 Å². The van der Waals surface area contributed by atoms with Crippen molar-refractivity contribution in [3.8, 4) is 11.5 Å². The Morgan fingerprint density at radius 2 is 1.74 bits per heavy atom. The van der Waals surface area contributed by atoms with Crippen molar-refractivity contribution in [3.63, 3.8) is 0 Å². The van der Waals surface area contributed by atoms with E-state index in [1.54, 1.807) is 30.5 Å². The summed E-state index contributed by atoms with van der Waals surface area (Å²) in [5, 5.41) is 15.7. The maximum atomic E-state index is 13.8. The normalized spacial score (nSPS) is 16.1. The minimum absolute atomic E-state index is 0.0792. The summed E-state index contributed by atoms with van der Waals surface area (Å²) in [5.74, 6) is -0.560. The first kappa shape index (κ1) is 43.5. The third-order valence-electron chi connectivity index (χ3n) is 10.9. The van der Waals surface area contributed by atoms with Gasteiger partial charge < -0.3 is 19.9 Å². The number of carbonyl (C=O) groups excluding carboxylic acids is 1. The number of aromatic nitrogens is 1. The molecule has 1 fully saturated rings. The summed E-state index contributed by atoms with van der Waals surface area (Å²) >= 11 is 6.22. The largest absolute Gasteiger partial charge is 0.522 e. The van der Waals surface area contributed by atoms with Gasteiger partial charge in [-0.3, -0.25) is 24.5 Å². The van der Waals surface area contributed by atoms with Crippen LogP contribution in [0.15, 0.2) is 102 Å². The van der Waals surface area contributed by atoms with Gasteiger partial charge in [-0.25, -0.2) is 13.1 Å². The number of halogens is 4. The molecule has 61 heavy (non-hydrogen) atoms. The lowest BCUT2D eigenvalue weighted by atomic mass is 9.72. The number of fused-ring (bicyclic) bond motifs is 1. The summed E-state index contributed by atoms with van der Waals surface area (Å²) in [6.45, 7) is 7.08. The predicted molar refractivity (Wildman–Crippen MR) is 228 cm³/mol. The fourth-order valence-corrected chi connectivity index (χ4v) is 8.82. The van der Waals surface area contributed by atoms with Gasteiger partial charge in [-0.2, -0.15) is 0 Å². The van der Waals surface area contributed by atoms with Gasteiger partial charge in [0.05, 0.1) is 22.0 Å². The number of benzene rings is 4. The average Bonchev–Trinajstić information content (AvgIpc) is 3.70. The average molecular weight is 881 g/mol. The molecule has 18 heteroatoms. The number of nitrogens with one attached hydrogen (secondary N) is 3. The molecule has 7 rings (SSSR count). The number of piperazine rings is 1. The van der Waals surface area contributed by atoms with Crippen LogP contribution in [0.3, 0.4) is 0 Å². The zero-order valence-corrected chi connectivity index (χ0v) is 34.9. The van der Waals surface area contributed by atoms with Gasteiger partial charge in [-0.05, 0) is 90.4 Å². The van der Waals surface area contributed by atoms with E-state index in [1.165, 1.54) is 22.8 Å². The second kappa shape index (κ2) is 17.8. The minimum atomic E-state index is -4.89. The number of nitro benzene ring substituents is 1. The molecule has 2 aliphatic rings. The van der Waals surface area contributed by atoms with Crippen LogP contribution in [0.2, 0.25) is 5.02 Å². The van der Waals surface area contributed by atoms with Gasteiger partial charge in [0, 0.05) is 79.2 Å². The zero-order chi connectivity index (χ0) is 43.5. The Balaban J connectivity index is 1.10. The van der Waals surface area contributed by atoms with Crippen molar-refractivity contribution in [2.24, 2.45) is 5.41 Å². The van der Waals surface area contributed by atoms with Crippen LogP contribution in [0, 0.1) is 15.5 Å². The van der Waals surface area contributed by atoms with Crippen LogP contribution in [-0.4, -0.2) is 81.4 Å². The molecule has 1 saturated heterocycles. The molecule has 0 saturated carbocycles. The number of H-pyrrole nitrogens is 1. The van der Waals surface area contributed by atoms with Crippen molar-refractivity contribution in [1.29, 1.82) is 0 Å². The van der Waals surface area contributed by atoms with E-state index in [-0.39, 0.29) is 22.4 Å². The second-order valence-electron chi connectivity index (χ2n) is 15.8. The lowest BCUT2D eigenvalue weighted by molar-refractivity contribution is -0.384. The SMILES string of the molecule is CC1(C)CCC(CN2CCN(c3ccc(C(=O)NS(=O)(=O)c4ccc(NCCOC(F)(F)F)c([N+](=O)[O-])c4)c(Oc4cccc5[nH]ccc45)c3)CC2)=C(c2ccc(Cl)cc2)C1. The molecule has 0 bridgehead atoms. The van der Waals surface area contributed by atoms with E-state index in [0.29, 0.717) is 29.9 Å². The number of sulfonamides is 1. The van der Waals surface area contributed by atoms with Crippen LogP contribution in [0.1, 0.15) is 49.0 Å². The highest BCUT2D eigenvalue weighted by Crippen LogP contribution is 2.43. The van der Waals surface area contributed by atoms with Crippen LogP contribution in [-0.2, 0) is 14.8 Å². The molecule has 3 N–H and O–H groups in total. The summed E-state index contributed by atoms with van der Waals surface area (Å²) in [4.78, 5) is 31.9. The molecule has 0 unspecified atom stereocenters. The standard InChI is InChI=1S/C43H44ClF3N6O7S/c1-42(2)16-14-29(35(26-42)28-6-8-30(44)9-7-28)27-51-19-21-52(22-20-51)31-10-12-34(40(24-31)60-39-5-3-4-36-33(39)15-17-48-36)41(54)50-61(57,58)32-11-13-37(38(25-32)53(55)56)49-18-23-59-43(45,46)47/h3-13,15,17,24-25,48-49H,14,16,18-23,26-27H2,1-2H3,(H,50,54). The number of carbonyl (C=O) groups is 1. The fraction of sp³-hybridized carbons (Fsp3) is 0.326. The van der Waals surface area contributed by atoms with Gasteiger partial charge in [0.2, 0.25) is 0 Å². The molecule has 322 valence electrons. The minimum Gasteiger partial charge on any atom is -0.456 e. The highest BCUT2D eigenvalue weighted by atomic mass is 35.5. The summed E-state index contributed by atoms with van der Waals surface area (Å²) in [6.07, 6.45) is -0.0393. The molecule has 0 atom stereocenters. The first-order valence-electron chi connectivity index (χ1n) is 19.6. The van der Waals surface area contributed by atoms with E-state index >= 15 is 0 Å². The van der Waals surface area contributed by atoms with E-state index in [0.717, 1.165) is 67.6 Å². The molecule has 5 aromatic rings. The van der Waals surface area contributed by atoms with Crippen molar-refractivity contribution in [1.82, 2.24) is 14.6 Å². The second-order valence-corrected chi connectivity index (χ2v) is 17.9. The zero-order valence-electron chi connectivity index (χ0n) is 33.4. The van der Waals surface area contributed by atoms with E-state index in [2.05, 4.69) is 50.8 Å². The summed E-state index contributed by atoms with van der Waals surface area (Å²) in [7, 11) is -4.71. The van der Waals surface area contributed by atoms with Gasteiger partial charge >= 0.3 is 6.36 Å². The van der Waals surface area contributed by atoms with E-state index in [1.807, 2.05) is 29.0 Å². The number of amides is 1. The number of anilines is 2. The molecule has 1 aliphatic heterocycles. The van der Waals surface area contributed by atoms with Gasteiger partial charge in [0.15, 0.2) is 0 Å². The molecule has 1 aliphatic carbocycles. The van der Waals surface area contributed by atoms with Gasteiger partial charge in [0.1, 0.15) is 17.2 Å². The van der Waals surface area contributed by atoms with Gasteiger partial charge in [0.25, 0.3) is 21.6 Å². The van der Waals surface area contributed by atoms with Crippen LogP contribution >= 0.6 is 11.6 Å². The highest BCUT2D eigenvalue weighted by Gasteiger charge is 2.31. The maximum Gasteiger partial charge on any atom is 0.522 e. The number of aromatic amines is 1. The molecule has 1 aromatic heterocycles. The van der Waals surface area contributed by atoms with Crippen molar-refractivity contribution in [3.05, 3.63) is 123 Å². The van der Waals surface area contributed by atoms with Gasteiger partial charge in [-0.1, -0.05) is 49.2 Å². The third kappa shape index (κ3) is 10.6. The van der Waals surface area contributed by atoms with E-state index in [4.69, 9.17) is 16.3 Å². The van der Waals surface area contributed by atoms with Crippen molar-refractivity contribution < 1.29 is 40.8 Å². The van der Waals surface area contributed by atoms with E-state index in [9.17, 15) is 36.5 Å². The number of hydrogen-bond donors (Lipinski definition) is 3. The first-order chi connectivity index (χ1) is 28.9. The Kier molecular flexibility index (Phi) is 12.7. The van der Waals surface area contributed by atoms with Crippen LogP contribution in [0.25, 0.3) is 16.5 Å². The molecule has 1 amide bonds. The summed E-state index contributed by atoms with van der Waals surface area (Å²) in [6, 6.07) is 22.9.